The first kappa shape index (κ1) is 20.3. The Labute approximate surface area is 162 Å². The fourth-order valence-corrected chi connectivity index (χ4v) is 3.52. The lowest BCUT2D eigenvalue weighted by molar-refractivity contribution is -0.119. The van der Waals surface area contributed by atoms with Gasteiger partial charge in [-0.3, -0.25) is 9.10 Å². The summed E-state index contributed by atoms with van der Waals surface area (Å²) in [7, 11) is -3.59. The molecule has 0 heterocycles. The summed E-state index contributed by atoms with van der Waals surface area (Å²) in [5.74, 6) is 0.379. The number of anilines is 1. The molecule has 2 aromatic carbocycles. The second-order valence-corrected chi connectivity index (χ2v) is 8.43. The van der Waals surface area contributed by atoms with Gasteiger partial charge in [0.05, 0.1) is 18.6 Å². The molecule has 0 saturated heterocycles. The van der Waals surface area contributed by atoms with Crippen LogP contribution in [-0.2, 0) is 21.4 Å². The zero-order valence-electron chi connectivity index (χ0n) is 14.6. The van der Waals surface area contributed by atoms with Gasteiger partial charge in [-0.25, -0.2) is 8.42 Å². The Morgan fingerprint density at radius 2 is 1.88 bits per heavy atom. The monoisotopic (exact) mass is 440 g/mol. The number of nitrogens with zero attached hydrogens (tertiary/aromatic N) is 1. The van der Waals surface area contributed by atoms with Gasteiger partial charge in [-0.1, -0.05) is 34.1 Å². The van der Waals surface area contributed by atoms with E-state index in [0.29, 0.717) is 18.8 Å². The van der Waals surface area contributed by atoms with Crippen LogP contribution in [0.15, 0.2) is 53.0 Å². The van der Waals surface area contributed by atoms with Crippen molar-refractivity contribution in [2.24, 2.45) is 0 Å². The van der Waals surface area contributed by atoms with Crippen LogP contribution >= 0.6 is 15.9 Å². The molecule has 1 N–H and O–H groups in total. The van der Waals surface area contributed by atoms with Crippen molar-refractivity contribution in [1.82, 2.24) is 5.32 Å². The van der Waals surface area contributed by atoms with E-state index in [1.165, 1.54) is 0 Å². The number of carbonyl (C=O) groups excluding carboxylic acids is 1. The fraction of sp³-hybridized carbons (Fsp3) is 0.278. The summed E-state index contributed by atoms with van der Waals surface area (Å²) in [5, 5.41) is 2.74. The Morgan fingerprint density at radius 3 is 2.46 bits per heavy atom. The summed E-state index contributed by atoms with van der Waals surface area (Å²) in [4.78, 5) is 12.2. The van der Waals surface area contributed by atoms with Gasteiger partial charge in [0, 0.05) is 11.0 Å². The molecular formula is C18H21BrN2O4S. The molecule has 0 fully saturated rings. The van der Waals surface area contributed by atoms with Crippen LogP contribution < -0.4 is 14.4 Å². The molecule has 26 heavy (non-hydrogen) atoms. The Balaban J connectivity index is 2.01. The quantitative estimate of drug-likeness (QED) is 0.684. The molecule has 8 heteroatoms. The van der Waals surface area contributed by atoms with E-state index in [-0.39, 0.29) is 12.5 Å². The van der Waals surface area contributed by atoms with Crippen LogP contribution in [0.5, 0.6) is 5.75 Å². The number of nitrogens with one attached hydrogen (secondary N) is 1. The van der Waals surface area contributed by atoms with Crippen molar-refractivity contribution >= 4 is 37.5 Å². The van der Waals surface area contributed by atoms with Crippen molar-refractivity contribution in [3.8, 4) is 5.75 Å². The lowest BCUT2D eigenvalue weighted by Crippen LogP contribution is -2.40. The minimum Gasteiger partial charge on any atom is -0.494 e. The van der Waals surface area contributed by atoms with Crippen LogP contribution in [-0.4, -0.2) is 33.7 Å². The molecule has 0 radical (unpaired) electrons. The zero-order valence-corrected chi connectivity index (χ0v) is 17.0. The third-order valence-electron chi connectivity index (χ3n) is 3.51. The first-order valence-electron chi connectivity index (χ1n) is 8.01. The van der Waals surface area contributed by atoms with Gasteiger partial charge in [0.25, 0.3) is 0 Å². The topological polar surface area (TPSA) is 75.7 Å². The maximum atomic E-state index is 12.2. The van der Waals surface area contributed by atoms with E-state index in [1.807, 2.05) is 31.2 Å². The Hall–Kier alpha value is -2.06. The molecular weight excluding hydrogens is 420 g/mol. The number of halogens is 1. The van der Waals surface area contributed by atoms with Gasteiger partial charge in [-0.15, -0.1) is 0 Å². The molecule has 0 aliphatic rings. The van der Waals surface area contributed by atoms with Crippen molar-refractivity contribution in [2.45, 2.75) is 13.5 Å². The smallest absolute Gasteiger partial charge is 0.241 e. The zero-order chi connectivity index (χ0) is 19.2. The fourth-order valence-electron chi connectivity index (χ4n) is 2.29. The molecule has 140 valence electrons. The van der Waals surface area contributed by atoms with E-state index in [9.17, 15) is 13.2 Å². The van der Waals surface area contributed by atoms with Crippen LogP contribution in [0.2, 0.25) is 0 Å². The van der Waals surface area contributed by atoms with Gasteiger partial charge >= 0.3 is 0 Å². The van der Waals surface area contributed by atoms with Crippen molar-refractivity contribution in [1.29, 1.82) is 0 Å². The number of sulfonamides is 1. The van der Waals surface area contributed by atoms with Crippen molar-refractivity contribution in [3.63, 3.8) is 0 Å². The first-order valence-corrected chi connectivity index (χ1v) is 10.7. The second kappa shape index (κ2) is 9.05. The number of ether oxygens (including phenoxy) is 1. The summed E-state index contributed by atoms with van der Waals surface area (Å²) >= 11 is 3.31. The normalized spacial score (nSPS) is 11.0. The second-order valence-electron chi connectivity index (χ2n) is 5.60. The van der Waals surface area contributed by atoms with Gasteiger partial charge < -0.3 is 10.1 Å². The third-order valence-corrected chi connectivity index (χ3v) is 5.14. The van der Waals surface area contributed by atoms with Crippen molar-refractivity contribution in [3.05, 3.63) is 58.6 Å². The highest BCUT2D eigenvalue weighted by molar-refractivity contribution is 9.10. The highest BCUT2D eigenvalue weighted by Gasteiger charge is 2.20. The highest BCUT2D eigenvalue weighted by atomic mass is 79.9. The summed E-state index contributed by atoms with van der Waals surface area (Å²) in [6.45, 7) is 2.52. The number of rotatable bonds is 8. The number of amides is 1. The molecule has 0 aromatic heterocycles. The van der Waals surface area contributed by atoms with Crippen LogP contribution in [0, 0.1) is 0 Å². The van der Waals surface area contributed by atoms with E-state index >= 15 is 0 Å². The van der Waals surface area contributed by atoms with Crippen LogP contribution in [0.1, 0.15) is 12.5 Å². The average molecular weight is 441 g/mol. The number of hydrogen-bond donors (Lipinski definition) is 1. The minimum absolute atomic E-state index is 0.285. The summed E-state index contributed by atoms with van der Waals surface area (Å²) in [6, 6.07) is 14.2. The number of benzene rings is 2. The standard InChI is InChI=1S/C18H21BrN2O4S/c1-3-25-17-9-7-14(8-10-17)12-20-18(22)13-21(26(2,23)24)16-6-4-5-15(19)11-16/h4-11H,3,12-13H2,1-2H3,(H,20,22). The van der Waals surface area contributed by atoms with E-state index < -0.39 is 10.0 Å². The first-order chi connectivity index (χ1) is 12.3. The maximum Gasteiger partial charge on any atom is 0.241 e. The molecule has 1 amide bonds. The molecule has 0 spiro atoms. The maximum absolute atomic E-state index is 12.2. The number of carbonyl (C=O) groups is 1. The van der Waals surface area contributed by atoms with Crippen LogP contribution in [0.3, 0.4) is 0 Å². The molecule has 2 rings (SSSR count). The van der Waals surface area contributed by atoms with E-state index in [1.54, 1.807) is 24.3 Å². The molecule has 0 aliphatic carbocycles. The largest absolute Gasteiger partial charge is 0.494 e. The minimum atomic E-state index is -3.59. The van der Waals surface area contributed by atoms with Gasteiger partial charge in [-0.2, -0.15) is 0 Å². The van der Waals surface area contributed by atoms with E-state index in [2.05, 4.69) is 21.2 Å². The molecule has 6 nitrogen and oxygen atoms in total. The molecule has 0 unspecified atom stereocenters. The van der Waals surface area contributed by atoms with Gasteiger partial charge in [-0.05, 0) is 42.8 Å². The van der Waals surface area contributed by atoms with Gasteiger partial charge in [0.2, 0.25) is 15.9 Å². The van der Waals surface area contributed by atoms with Crippen LogP contribution in [0.4, 0.5) is 5.69 Å². The van der Waals surface area contributed by atoms with Crippen molar-refractivity contribution < 1.29 is 17.9 Å². The molecule has 2 aromatic rings. The third kappa shape index (κ3) is 6.03. The molecule has 0 bridgehead atoms. The van der Waals surface area contributed by atoms with Crippen molar-refractivity contribution in [2.75, 3.05) is 23.7 Å². The molecule has 0 atom stereocenters. The summed E-state index contributed by atoms with van der Waals surface area (Å²) in [5.41, 5.74) is 1.33. The summed E-state index contributed by atoms with van der Waals surface area (Å²) in [6.07, 6.45) is 1.08. The molecule has 0 aliphatic heterocycles. The lowest BCUT2D eigenvalue weighted by atomic mass is 10.2. The Kier molecular flexibility index (Phi) is 7.05. The average Bonchev–Trinajstić information content (AvgIpc) is 2.58. The van der Waals surface area contributed by atoms with Gasteiger partial charge in [0.1, 0.15) is 12.3 Å². The Morgan fingerprint density at radius 1 is 1.19 bits per heavy atom. The van der Waals surface area contributed by atoms with E-state index in [4.69, 9.17) is 4.74 Å². The predicted octanol–water partition coefficient (Wildman–Crippen LogP) is 2.93. The van der Waals surface area contributed by atoms with Crippen LogP contribution in [0.25, 0.3) is 0 Å². The van der Waals surface area contributed by atoms with E-state index in [0.717, 1.165) is 26.3 Å². The highest BCUT2D eigenvalue weighted by Crippen LogP contribution is 2.22. The number of hydrogen-bond acceptors (Lipinski definition) is 4. The van der Waals surface area contributed by atoms with Gasteiger partial charge in [0.15, 0.2) is 0 Å². The lowest BCUT2D eigenvalue weighted by Gasteiger charge is -2.22. The predicted molar refractivity (Wildman–Crippen MR) is 106 cm³/mol. The Bertz CT molecular complexity index is 854. The SMILES string of the molecule is CCOc1ccc(CNC(=O)CN(c2cccc(Br)c2)S(C)(=O)=O)cc1. The summed E-state index contributed by atoms with van der Waals surface area (Å²) < 4.78 is 31.3. The molecule has 0 saturated carbocycles.